The zero-order valence-corrected chi connectivity index (χ0v) is 53.7. The molecular weight excluding hydrogens is 1040 g/mol. The fourth-order valence-electron chi connectivity index (χ4n) is 14.4. The van der Waals surface area contributed by atoms with Gasteiger partial charge in [0.15, 0.2) is 0 Å². The van der Waals surface area contributed by atoms with Gasteiger partial charge in [0.2, 0.25) is 0 Å². The summed E-state index contributed by atoms with van der Waals surface area (Å²) < 4.78 is 0. The molecule has 0 spiro atoms. The highest BCUT2D eigenvalue weighted by Crippen LogP contribution is 2.57. The topological polar surface area (TPSA) is 6.48 Å². The third kappa shape index (κ3) is 13.7. The number of para-hydroxylation sites is 1. The molecule has 0 bridgehead atoms. The van der Waals surface area contributed by atoms with E-state index < -0.39 is 0 Å². The molecule has 11 rings (SSSR count). The van der Waals surface area contributed by atoms with Crippen molar-refractivity contribution < 1.29 is 0 Å². The van der Waals surface area contributed by atoms with Crippen molar-refractivity contribution in [2.45, 2.75) is 181 Å². The molecule has 444 valence electrons. The van der Waals surface area contributed by atoms with Gasteiger partial charge >= 0.3 is 0 Å². The van der Waals surface area contributed by atoms with Gasteiger partial charge in [-0.25, -0.2) is 0 Å². The van der Waals surface area contributed by atoms with Crippen LogP contribution >= 0.6 is 0 Å². The van der Waals surface area contributed by atoms with Crippen molar-refractivity contribution in [2.75, 3.05) is 23.9 Å². The monoisotopic (exact) mass is 1130 g/mol. The van der Waals surface area contributed by atoms with E-state index in [1.54, 1.807) is 22.3 Å². The molecule has 86 heavy (non-hydrogen) atoms. The molecule has 0 amide bonds. The van der Waals surface area contributed by atoms with Crippen LogP contribution in [-0.4, -0.2) is 14.1 Å². The summed E-state index contributed by atoms with van der Waals surface area (Å²) in [4.78, 5) is 4.62. The summed E-state index contributed by atoms with van der Waals surface area (Å²) in [5.74, 6) is 0. The first-order chi connectivity index (χ1) is 42.1. The second-order valence-corrected chi connectivity index (χ2v) is 25.5. The fourth-order valence-corrected chi connectivity index (χ4v) is 14.4. The van der Waals surface area contributed by atoms with Crippen molar-refractivity contribution in [3.8, 4) is 55.6 Å². The van der Waals surface area contributed by atoms with E-state index in [-0.39, 0.29) is 10.8 Å². The minimum absolute atomic E-state index is 0.0519. The maximum atomic E-state index is 2.57. The summed E-state index contributed by atoms with van der Waals surface area (Å²) in [5.41, 5.74) is 27.5. The number of anilines is 4. The van der Waals surface area contributed by atoms with Gasteiger partial charge in [-0.3, -0.25) is 0 Å². The number of hydrogen-bond donors (Lipinski definition) is 0. The van der Waals surface area contributed by atoms with Gasteiger partial charge in [0.1, 0.15) is 0 Å². The number of fused-ring (bicyclic) bond motifs is 6. The fraction of sp³-hybridized carbons (Fsp3) is 0.357. The summed E-state index contributed by atoms with van der Waals surface area (Å²) >= 11 is 0. The second-order valence-electron chi connectivity index (χ2n) is 25.5. The molecule has 2 aliphatic rings. The van der Waals surface area contributed by atoms with Gasteiger partial charge in [0, 0.05) is 47.7 Å². The Bertz CT molecular complexity index is 3540. The lowest BCUT2D eigenvalue weighted by molar-refractivity contribution is 0.401. The molecule has 0 radical (unpaired) electrons. The van der Waals surface area contributed by atoms with E-state index in [2.05, 4.69) is 272 Å². The largest absolute Gasteiger partial charge is 0.345 e. The lowest BCUT2D eigenvalue weighted by Gasteiger charge is -2.33. The van der Waals surface area contributed by atoms with Crippen LogP contribution in [0.25, 0.3) is 55.6 Å². The number of hydrogen-bond acceptors (Lipinski definition) is 2. The predicted octanol–water partition coefficient (Wildman–Crippen LogP) is 24.9. The molecule has 0 unspecified atom stereocenters. The normalized spacial score (nSPS) is 13.1. The second kappa shape index (κ2) is 29.3. The first kappa shape index (κ1) is 61.7. The molecule has 0 atom stereocenters. The van der Waals surface area contributed by atoms with Crippen LogP contribution in [0.2, 0.25) is 0 Å². The van der Waals surface area contributed by atoms with Gasteiger partial charge in [-0.05, 0) is 178 Å². The Labute approximate surface area is 519 Å². The lowest BCUT2D eigenvalue weighted by Crippen LogP contribution is -2.26. The molecule has 0 fully saturated rings. The van der Waals surface area contributed by atoms with Crippen LogP contribution < -0.4 is 9.80 Å². The Morgan fingerprint density at radius 1 is 0.256 bits per heavy atom. The number of aryl methyl sites for hydroxylation is 2. The Morgan fingerprint density at radius 2 is 0.558 bits per heavy atom. The van der Waals surface area contributed by atoms with Crippen LogP contribution in [0.4, 0.5) is 22.7 Å². The van der Waals surface area contributed by atoms with Gasteiger partial charge in [0.25, 0.3) is 0 Å². The van der Waals surface area contributed by atoms with Gasteiger partial charge in [-0.15, -0.1) is 0 Å². The summed E-state index contributed by atoms with van der Waals surface area (Å²) in [6.45, 7) is 13.6. The highest BCUT2D eigenvalue weighted by atomic mass is 15.1. The van der Waals surface area contributed by atoms with E-state index in [4.69, 9.17) is 0 Å². The molecule has 0 aromatic heterocycles. The highest BCUT2D eigenvalue weighted by Gasteiger charge is 2.44. The predicted molar refractivity (Wildman–Crippen MR) is 375 cm³/mol. The molecule has 0 saturated carbocycles. The molecule has 0 heterocycles. The molecule has 0 saturated heterocycles. The van der Waals surface area contributed by atoms with Gasteiger partial charge in [-0.1, -0.05) is 287 Å². The molecule has 2 nitrogen and oxygen atoms in total. The van der Waals surface area contributed by atoms with Gasteiger partial charge in [0.05, 0.1) is 0 Å². The van der Waals surface area contributed by atoms with E-state index in [1.807, 2.05) is 0 Å². The van der Waals surface area contributed by atoms with E-state index in [9.17, 15) is 0 Å². The smallest absolute Gasteiger partial charge is 0.0411 e. The summed E-state index contributed by atoms with van der Waals surface area (Å²) in [6, 6.07) is 77.9. The van der Waals surface area contributed by atoms with E-state index in [0.29, 0.717) is 0 Å². The van der Waals surface area contributed by atoms with Crippen molar-refractivity contribution in [3.05, 3.63) is 240 Å². The molecular formula is C84H98N2. The van der Waals surface area contributed by atoms with Crippen LogP contribution in [0.3, 0.4) is 0 Å². The van der Waals surface area contributed by atoms with Crippen LogP contribution in [0, 0.1) is 13.8 Å². The van der Waals surface area contributed by atoms with Crippen LogP contribution in [0.1, 0.15) is 189 Å². The molecule has 0 aliphatic heterocycles. The average molecular weight is 1140 g/mol. The van der Waals surface area contributed by atoms with E-state index in [0.717, 1.165) is 0 Å². The van der Waals surface area contributed by atoms with Crippen molar-refractivity contribution in [1.29, 1.82) is 0 Å². The molecule has 9 aromatic rings. The minimum Gasteiger partial charge on any atom is -0.345 e. The molecule has 2 aliphatic carbocycles. The molecule has 2 heteroatoms. The Balaban J connectivity index is 0.000000193. The first-order valence-electron chi connectivity index (χ1n) is 33.5. The number of nitrogens with zero attached hydrogens (tertiary/aromatic N) is 2. The molecule has 9 aromatic carbocycles. The Hall–Kier alpha value is -7.42. The standard InChI is InChI=1S/C45H51N.C39H47N/c1-5-7-9-14-30-45(31-15-10-8-6-2)43-32-37(35-20-18-34(3)19-21-35)24-28-41(43)42-29-25-38(33-44(42)45)36-22-26-40(27-23-36)46(4)39-16-12-11-13-17-39;1-5-7-9-13-27-39(28-14-10-8-6-2)37-16-12-11-15-35(37)36-26-25-34(29-38(36)39)40(4)33-23-21-32(22-24-33)31-19-17-30(3)18-20-31/h11-13,16-29,32-33H,5-10,14-15,30-31H2,1-4H3;11-12,15-26,29H,5-10,13-14,27-28H2,1-4H3. The summed E-state index contributed by atoms with van der Waals surface area (Å²) in [7, 11) is 4.36. The van der Waals surface area contributed by atoms with Gasteiger partial charge < -0.3 is 9.80 Å². The Kier molecular flexibility index (Phi) is 21.0. The lowest BCUT2D eigenvalue weighted by atomic mass is 9.70. The van der Waals surface area contributed by atoms with Crippen LogP contribution in [0.15, 0.2) is 206 Å². The van der Waals surface area contributed by atoms with E-state index in [1.165, 1.54) is 218 Å². The van der Waals surface area contributed by atoms with Crippen molar-refractivity contribution in [3.63, 3.8) is 0 Å². The third-order valence-electron chi connectivity index (χ3n) is 19.6. The zero-order chi connectivity index (χ0) is 59.9. The maximum absolute atomic E-state index is 2.57. The number of rotatable bonds is 27. The van der Waals surface area contributed by atoms with Crippen molar-refractivity contribution in [1.82, 2.24) is 0 Å². The quantitative estimate of drug-likeness (QED) is 0.0474. The van der Waals surface area contributed by atoms with Crippen LogP contribution in [0.5, 0.6) is 0 Å². The van der Waals surface area contributed by atoms with E-state index >= 15 is 0 Å². The number of benzene rings is 9. The maximum Gasteiger partial charge on any atom is 0.0411 e. The summed E-state index contributed by atoms with van der Waals surface area (Å²) in [5, 5.41) is 0. The summed E-state index contributed by atoms with van der Waals surface area (Å²) in [6.07, 6.45) is 25.8. The highest BCUT2D eigenvalue weighted by molar-refractivity contribution is 5.87. The SMILES string of the molecule is CCCCCCC1(CCCCCC)c2cc(-c3ccc(C)cc3)ccc2-c2ccc(-c3ccc(N(C)c4ccccc4)cc3)cc21.CCCCCCC1(CCCCCC)c2ccccc2-c2ccc(N(C)c3ccc(-c4ccc(C)cc4)cc3)cc21. The first-order valence-corrected chi connectivity index (χ1v) is 33.5. The average Bonchev–Trinajstić information content (AvgIpc) is 2.04. The minimum atomic E-state index is 0.0519. The third-order valence-corrected chi connectivity index (χ3v) is 19.6. The van der Waals surface area contributed by atoms with Crippen LogP contribution in [-0.2, 0) is 10.8 Å². The molecule has 0 N–H and O–H groups in total. The zero-order valence-electron chi connectivity index (χ0n) is 53.7. The van der Waals surface area contributed by atoms with Gasteiger partial charge in [-0.2, -0.15) is 0 Å². The van der Waals surface area contributed by atoms with Crippen molar-refractivity contribution >= 4 is 22.7 Å². The Morgan fingerprint density at radius 3 is 0.988 bits per heavy atom. The van der Waals surface area contributed by atoms with Crippen molar-refractivity contribution in [2.24, 2.45) is 0 Å². The number of unbranched alkanes of at least 4 members (excludes halogenated alkanes) is 12.